The highest BCUT2D eigenvalue weighted by Crippen LogP contribution is 2.14. The molecule has 0 unspecified atom stereocenters. The number of hydrogen-bond donors (Lipinski definition) is 0. The van der Waals surface area contributed by atoms with Crippen molar-refractivity contribution in [3.63, 3.8) is 0 Å². The van der Waals surface area contributed by atoms with Crippen molar-refractivity contribution < 1.29 is 13.9 Å². The van der Waals surface area contributed by atoms with Gasteiger partial charge in [-0.25, -0.2) is 4.79 Å². The maximum atomic E-state index is 12.5. The van der Waals surface area contributed by atoms with E-state index in [1.807, 2.05) is 0 Å². The lowest BCUT2D eigenvalue weighted by Gasteiger charge is -1.92. The zero-order valence-electron chi connectivity index (χ0n) is 5.26. The highest BCUT2D eigenvalue weighted by molar-refractivity contribution is 7.08. The van der Waals surface area contributed by atoms with Gasteiger partial charge in [0.1, 0.15) is 5.56 Å². The van der Waals surface area contributed by atoms with E-state index in [1.165, 1.54) is 18.6 Å². The number of thiophene rings is 1. The molecule has 1 aromatic rings. The predicted octanol–water partition coefficient (Wildman–Crippen LogP) is 1.67. The fourth-order valence-corrected chi connectivity index (χ4v) is 1.15. The molecule has 54 valence electrons. The van der Waals surface area contributed by atoms with Crippen LogP contribution in [0.15, 0.2) is 11.4 Å². The molecule has 1 heterocycles. The lowest BCUT2D eigenvalue weighted by Crippen LogP contribution is -2.00. The molecule has 0 atom stereocenters. The largest absolute Gasteiger partial charge is 0.465 e. The predicted molar refractivity (Wildman–Crippen MR) is 35.6 cm³/mol. The molecule has 0 fully saturated rings. The van der Waals surface area contributed by atoms with Crippen LogP contribution in [0.5, 0.6) is 0 Å². The number of carbonyl (C=O) groups is 1. The highest BCUT2D eigenvalue weighted by Gasteiger charge is 2.11. The van der Waals surface area contributed by atoms with Crippen LogP contribution in [0, 0.1) is 5.13 Å². The van der Waals surface area contributed by atoms with Crippen LogP contribution in [-0.4, -0.2) is 13.1 Å². The number of carbonyl (C=O) groups excluding carboxylic acids is 1. The second-order valence-corrected chi connectivity index (χ2v) is 2.47. The Labute approximate surface area is 61.2 Å². The fourth-order valence-electron chi connectivity index (χ4n) is 0.549. The van der Waals surface area contributed by atoms with E-state index in [9.17, 15) is 9.18 Å². The van der Waals surface area contributed by atoms with E-state index in [0.717, 1.165) is 11.3 Å². The van der Waals surface area contributed by atoms with Crippen molar-refractivity contribution in [1.82, 2.24) is 0 Å². The Bertz CT molecular complexity index is 244. The standard InChI is InChI=1S/C6H5FO2S/c1-9-6(8)4-2-3-10-5(4)7/h2-3H,1H3. The van der Waals surface area contributed by atoms with Crippen molar-refractivity contribution >= 4 is 17.3 Å². The van der Waals surface area contributed by atoms with Crippen LogP contribution in [-0.2, 0) is 4.74 Å². The first-order valence-corrected chi connectivity index (χ1v) is 3.45. The van der Waals surface area contributed by atoms with Crippen LogP contribution in [0.3, 0.4) is 0 Å². The summed E-state index contributed by atoms with van der Waals surface area (Å²) >= 11 is 0.881. The molecule has 0 aromatic carbocycles. The third-order valence-corrected chi connectivity index (χ3v) is 1.72. The Morgan fingerprint density at radius 2 is 2.50 bits per heavy atom. The SMILES string of the molecule is COC(=O)c1ccsc1F. The van der Waals surface area contributed by atoms with Crippen molar-refractivity contribution in [2.75, 3.05) is 7.11 Å². The molecule has 0 saturated carbocycles. The third kappa shape index (κ3) is 1.16. The molecule has 2 nitrogen and oxygen atoms in total. The minimum absolute atomic E-state index is 0.00694. The monoisotopic (exact) mass is 160 g/mol. The van der Waals surface area contributed by atoms with Gasteiger partial charge < -0.3 is 4.74 Å². The fraction of sp³-hybridized carbons (Fsp3) is 0.167. The van der Waals surface area contributed by atoms with Crippen LogP contribution in [0.1, 0.15) is 10.4 Å². The summed E-state index contributed by atoms with van der Waals surface area (Å²) in [4.78, 5) is 10.6. The van der Waals surface area contributed by atoms with Crippen molar-refractivity contribution in [3.05, 3.63) is 22.1 Å². The quantitative estimate of drug-likeness (QED) is 0.584. The zero-order valence-corrected chi connectivity index (χ0v) is 6.07. The average Bonchev–Trinajstić information content (AvgIpc) is 2.34. The van der Waals surface area contributed by atoms with Crippen LogP contribution in [0.2, 0.25) is 0 Å². The van der Waals surface area contributed by atoms with Gasteiger partial charge in [0.15, 0.2) is 5.13 Å². The maximum absolute atomic E-state index is 12.5. The van der Waals surface area contributed by atoms with Gasteiger partial charge in [-0.15, -0.1) is 11.3 Å². The second kappa shape index (κ2) is 2.79. The number of halogens is 1. The van der Waals surface area contributed by atoms with E-state index in [4.69, 9.17) is 0 Å². The smallest absolute Gasteiger partial charge is 0.341 e. The summed E-state index contributed by atoms with van der Waals surface area (Å²) in [5.41, 5.74) is 0.00694. The van der Waals surface area contributed by atoms with Gasteiger partial charge in [0.2, 0.25) is 0 Å². The Morgan fingerprint density at radius 3 is 2.90 bits per heavy atom. The highest BCUT2D eigenvalue weighted by atomic mass is 32.1. The summed E-state index contributed by atoms with van der Waals surface area (Å²) < 4.78 is 16.8. The van der Waals surface area contributed by atoms with Gasteiger partial charge in [-0.1, -0.05) is 0 Å². The van der Waals surface area contributed by atoms with Crippen LogP contribution in [0.4, 0.5) is 4.39 Å². The lowest BCUT2D eigenvalue weighted by atomic mass is 10.3. The van der Waals surface area contributed by atoms with Gasteiger partial charge in [0.25, 0.3) is 0 Å². The number of esters is 1. The number of methoxy groups -OCH3 is 1. The summed E-state index contributed by atoms with van der Waals surface area (Å²) in [5.74, 6) is -0.626. The van der Waals surface area contributed by atoms with Gasteiger partial charge in [-0.3, -0.25) is 0 Å². The van der Waals surface area contributed by atoms with Gasteiger partial charge in [-0.2, -0.15) is 4.39 Å². The molecule has 10 heavy (non-hydrogen) atoms. The minimum Gasteiger partial charge on any atom is -0.465 e. The summed E-state index contributed by atoms with van der Waals surface area (Å²) in [6.45, 7) is 0. The Balaban J connectivity index is 2.93. The number of rotatable bonds is 1. The number of hydrogen-bond acceptors (Lipinski definition) is 3. The van der Waals surface area contributed by atoms with Gasteiger partial charge in [0.05, 0.1) is 7.11 Å². The first-order chi connectivity index (χ1) is 4.75. The Morgan fingerprint density at radius 1 is 1.80 bits per heavy atom. The molecule has 4 heteroatoms. The van der Waals surface area contributed by atoms with Crippen molar-refractivity contribution in [3.8, 4) is 0 Å². The first-order valence-electron chi connectivity index (χ1n) is 2.57. The normalized spacial score (nSPS) is 9.40. The first kappa shape index (κ1) is 7.21. The van der Waals surface area contributed by atoms with E-state index < -0.39 is 11.1 Å². The molecule has 1 rings (SSSR count). The van der Waals surface area contributed by atoms with Gasteiger partial charge in [-0.05, 0) is 11.4 Å². The summed E-state index contributed by atoms with van der Waals surface area (Å²) in [5, 5.41) is 1.01. The average molecular weight is 160 g/mol. The zero-order chi connectivity index (χ0) is 7.56. The molecule has 0 N–H and O–H groups in total. The summed E-state index contributed by atoms with van der Waals surface area (Å²) in [7, 11) is 1.22. The Kier molecular flexibility index (Phi) is 2.01. The maximum Gasteiger partial charge on any atom is 0.341 e. The van der Waals surface area contributed by atoms with E-state index in [0.29, 0.717) is 0 Å². The van der Waals surface area contributed by atoms with Gasteiger partial charge in [0, 0.05) is 0 Å². The van der Waals surface area contributed by atoms with Crippen LogP contribution in [0.25, 0.3) is 0 Å². The minimum atomic E-state index is -0.626. The molecular formula is C6H5FO2S. The molecule has 0 amide bonds. The molecule has 0 radical (unpaired) electrons. The second-order valence-electron chi connectivity index (χ2n) is 1.60. The lowest BCUT2D eigenvalue weighted by molar-refractivity contribution is 0.0597. The third-order valence-electron chi connectivity index (χ3n) is 1.02. The summed E-state index contributed by atoms with van der Waals surface area (Å²) in [6, 6.07) is 1.39. The molecule has 0 saturated heterocycles. The van der Waals surface area contributed by atoms with E-state index in [2.05, 4.69) is 4.74 Å². The molecular weight excluding hydrogens is 155 g/mol. The van der Waals surface area contributed by atoms with Gasteiger partial charge >= 0.3 is 5.97 Å². The van der Waals surface area contributed by atoms with E-state index in [1.54, 1.807) is 0 Å². The van der Waals surface area contributed by atoms with E-state index in [-0.39, 0.29) is 5.56 Å². The van der Waals surface area contributed by atoms with Crippen LogP contribution < -0.4 is 0 Å². The topological polar surface area (TPSA) is 26.3 Å². The number of ether oxygens (including phenoxy) is 1. The molecule has 0 aliphatic carbocycles. The van der Waals surface area contributed by atoms with Crippen molar-refractivity contribution in [1.29, 1.82) is 0 Å². The Hall–Kier alpha value is -0.900. The molecule has 0 aliphatic rings. The van der Waals surface area contributed by atoms with Crippen molar-refractivity contribution in [2.45, 2.75) is 0 Å². The summed E-state index contributed by atoms with van der Waals surface area (Å²) in [6.07, 6.45) is 0. The van der Waals surface area contributed by atoms with E-state index >= 15 is 0 Å². The molecule has 1 aromatic heterocycles. The molecule has 0 spiro atoms. The molecule has 0 bridgehead atoms. The molecule has 0 aliphatic heterocycles. The van der Waals surface area contributed by atoms with Crippen LogP contribution >= 0.6 is 11.3 Å². The van der Waals surface area contributed by atoms with Crippen molar-refractivity contribution in [2.24, 2.45) is 0 Å².